The van der Waals surface area contributed by atoms with Gasteiger partial charge in [-0.1, -0.05) is 6.07 Å². The molecule has 0 saturated carbocycles. The monoisotopic (exact) mass is 227 g/mol. The van der Waals surface area contributed by atoms with Crippen molar-refractivity contribution in [2.24, 2.45) is 0 Å². The van der Waals surface area contributed by atoms with Gasteiger partial charge in [-0.05, 0) is 12.1 Å². The topological polar surface area (TPSA) is 12.9 Å². The van der Waals surface area contributed by atoms with E-state index < -0.39 is 23.3 Å². The number of aromatic nitrogens is 1. The van der Waals surface area contributed by atoms with Crippen molar-refractivity contribution in [2.45, 2.75) is 0 Å². The molecule has 1 nitrogen and oxygen atoms in total. The van der Waals surface area contributed by atoms with Gasteiger partial charge in [0, 0.05) is 23.5 Å². The first-order valence-electron chi connectivity index (χ1n) is 4.34. The molecule has 2 rings (SSSR count). The van der Waals surface area contributed by atoms with Gasteiger partial charge < -0.3 is 0 Å². The van der Waals surface area contributed by atoms with Crippen molar-refractivity contribution >= 4 is 0 Å². The van der Waals surface area contributed by atoms with Gasteiger partial charge in [-0.2, -0.15) is 0 Å². The quantitative estimate of drug-likeness (QED) is 0.413. The molecule has 0 aliphatic carbocycles. The standard InChI is InChI=1S/C11H5F4N/c12-8-4-7(6-2-1-3-16-5-6)9(13)11(15)10(8)14/h1-5H. The summed E-state index contributed by atoms with van der Waals surface area (Å²) in [5, 5.41) is 0. The Kier molecular flexibility index (Phi) is 2.60. The Morgan fingerprint density at radius 2 is 1.69 bits per heavy atom. The van der Waals surface area contributed by atoms with Crippen LogP contribution in [0.4, 0.5) is 17.6 Å². The van der Waals surface area contributed by atoms with Gasteiger partial charge in [0.1, 0.15) is 0 Å². The largest absolute Gasteiger partial charge is 0.264 e. The summed E-state index contributed by atoms with van der Waals surface area (Å²) in [7, 11) is 0. The van der Waals surface area contributed by atoms with Crippen LogP contribution in [-0.2, 0) is 0 Å². The predicted octanol–water partition coefficient (Wildman–Crippen LogP) is 3.31. The number of nitrogens with zero attached hydrogens (tertiary/aromatic N) is 1. The van der Waals surface area contributed by atoms with E-state index in [9.17, 15) is 17.6 Å². The summed E-state index contributed by atoms with van der Waals surface area (Å²) < 4.78 is 51.8. The van der Waals surface area contributed by atoms with Gasteiger partial charge in [0.05, 0.1) is 0 Å². The lowest BCUT2D eigenvalue weighted by atomic mass is 10.1. The maximum Gasteiger partial charge on any atom is 0.198 e. The Bertz CT molecular complexity index is 525. The van der Waals surface area contributed by atoms with E-state index in [2.05, 4.69) is 4.98 Å². The van der Waals surface area contributed by atoms with E-state index in [1.165, 1.54) is 24.5 Å². The van der Waals surface area contributed by atoms with Crippen molar-refractivity contribution < 1.29 is 17.6 Å². The van der Waals surface area contributed by atoms with Crippen molar-refractivity contribution in [3.63, 3.8) is 0 Å². The van der Waals surface area contributed by atoms with E-state index in [4.69, 9.17) is 0 Å². The number of rotatable bonds is 1. The number of hydrogen-bond donors (Lipinski definition) is 0. The molecule has 0 aliphatic rings. The van der Waals surface area contributed by atoms with Crippen LogP contribution in [0.3, 0.4) is 0 Å². The maximum atomic E-state index is 13.3. The Morgan fingerprint density at radius 1 is 0.938 bits per heavy atom. The second kappa shape index (κ2) is 3.92. The molecule has 5 heteroatoms. The van der Waals surface area contributed by atoms with Crippen LogP contribution >= 0.6 is 0 Å². The van der Waals surface area contributed by atoms with Crippen LogP contribution in [0.1, 0.15) is 0 Å². The second-order valence-electron chi connectivity index (χ2n) is 3.09. The molecule has 0 spiro atoms. The van der Waals surface area contributed by atoms with E-state index in [1.807, 2.05) is 0 Å². The molecule has 0 bridgehead atoms. The lowest BCUT2D eigenvalue weighted by Crippen LogP contribution is -1.98. The Balaban J connectivity index is 2.68. The van der Waals surface area contributed by atoms with Gasteiger partial charge in [0.2, 0.25) is 0 Å². The van der Waals surface area contributed by atoms with Crippen LogP contribution < -0.4 is 0 Å². The Hall–Kier alpha value is -1.91. The summed E-state index contributed by atoms with van der Waals surface area (Å²) >= 11 is 0. The highest BCUT2D eigenvalue weighted by Gasteiger charge is 2.19. The molecule has 2 aromatic rings. The smallest absolute Gasteiger partial charge is 0.198 e. The molecular formula is C11H5F4N. The lowest BCUT2D eigenvalue weighted by molar-refractivity contribution is 0.411. The van der Waals surface area contributed by atoms with Crippen molar-refractivity contribution in [1.29, 1.82) is 0 Å². The molecule has 1 aromatic heterocycles. The number of hydrogen-bond acceptors (Lipinski definition) is 1. The third kappa shape index (κ3) is 1.64. The van der Waals surface area contributed by atoms with E-state index in [0.29, 0.717) is 6.07 Å². The Labute approximate surface area is 88.4 Å². The van der Waals surface area contributed by atoms with E-state index in [0.717, 1.165) is 0 Å². The minimum Gasteiger partial charge on any atom is -0.264 e. The third-order valence-electron chi connectivity index (χ3n) is 2.08. The van der Waals surface area contributed by atoms with Gasteiger partial charge in [-0.3, -0.25) is 4.98 Å². The number of benzene rings is 1. The molecule has 0 unspecified atom stereocenters. The zero-order chi connectivity index (χ0) is 11.7. The molecule has 0 radical (unpaired) electrons. The van der Waals surface area contributed by atoms with E-state index >= 15 is 0 Å². The molecule has 82 valence electrons. The molecule has 0 amide bonds. The van der Waals surface area contributed by atoms with Gasteiger partial charge in [0.15, 0.2) is 23.3 Å². The van der Waals surface area contributed by atoms with Gasteiger partial charge in [-0.25, -0.2) is 17.6 Å². The molecule has 16 heavy (non-hydrogen) atoms. The first-order chi connectivity index (χ1) is 7.61. The zero-order valence-electron chi connectivity index (χ0n) is 7.85. The highest BCUT2D eigenvalue weighted by molar-refractivity contribution is 5.63. The first kappa shape index (κ1) is 10.6. The average Bonchev–Trinajstić information content (AvgIpc) is 2.32. The highest BCUT2D eigenvalue weighted by atomic mass is 19.2. The van der Waals surface area contributed by atoms with E-state index in [-0.39, 0.29) is 11.1 Å². The molecule has 1 aromatic carbocycles. The number of halogens is 4. The first-order valence-corrected chi connectivity index (χ1v) is 4.34. The SMILES string of the molecule is Fc1cc(-c2cccnc2)c(F)c(F)c1F. The van der Waals surface area contributed by atoms with Crippen LogP contribution in [0.25, 0.3) is 11.1 Å². The summed E-state index contributed by atoms with van der Waals surface area (Å²) in [4.78, 5) is 3.68. The predicted molar refractivity (Wildman–Crippen MR) is 49.5 cm³/mol. The summed E-state index contributed by atoms with van der Waals surface area (Å²) in [6.45, 7) is 0. The lowest BCUT2D eigenvalue weighted by Gasteiger charge is -2.05. The Morgan fingerprint density at radius 3 is 2.31 bits per heavy atom. The maximum absolute atomic E-state index is 13.3. The second-order valence-corrected chi connectivity index (χ2v) is 3.09. The molecule has 0 fully saturated rings. The normalized spacial score (nSPS) is 10.5. The van der Waals surface area contributed by atoms with Crippen molar-refractivity contribution in [1.82, 2.24) is 4.98 Å². The third-order valence-corrected chi connectivity index (χ3v) is 2.08. The van der Waals surface area contributed by atoms with Gasteiger partial charge in [0.25, 0.3) is 0 Å². The molecule has 1 heterocycles. The van der Waals surface area contributed by atoms with Crippen molar-refractivity contribution in [3.05, 3.63) is 53.9 Å². The molecular weight excluding hydrogens is 222 g/mol. The fourth-order valence-electron chi connectivity index (χ4n) is 1.31. The molecule has 0 atom stereocenters. The average molecular weight is 227 g/mol. The summed E-state index contributed by atoms with van der Waals surface area (Å²) in [5.74, 6) is -6.49. The van der Waals surface area contributed by atoms with Gasteiger partial charge in [-0.15, -0.1) is 0 Å². The fourth-order valence-corrected chi connectivity index (χ4v) is 1.31. The van der Waals surface area contributed by atoms with Crippen LogP contribution in [0, 0.1) is 23.3 Å². The zero-order valence-corrected chi connectivity index (χ0v) is 7.85. The van der Waals surface area contributed by atoms with Crippen molar-refractivity contribution in [3.8, 4) is 11.1 Å². The minimum absolute atomic E-state index is 0.179. The summed E-state index contributed by atoms with van der Waals surface area (Å²) in [6.07, 6.45) is 2.66. The number of pyridine rings is 1. The summed E-state index contributed by atoms with van der Waals surface area (Å²) in [5.41, 5.74) is -0.178. The van der Waals surface area contributed by atoms with E-state index in [1.54, 1.807) is 0 Å². The van der Waals surface area contributed by atoms with Gasteiger partial charge >= 0.3 is 0 Å². The van der Waals surface area contributed by atoms with Crippen LogP contribution in [0.5, 0.6) is 0 Å². The highest BCUT2D eigenvalue weighted by Crippen LogP contribution is 2.26. The van der Waals surface area contributed by atoms with Crippen LogP contribution in [-0.4, -0.2) is 4.98 Å². The van der Waals surface area contributed by atoms with Crippen LogP contribution in [0.2, 0.25) is 0 Å². The van der Waals surface area contributed by atoms with Crippen molar-refractivity contribution in [2.75, 3.05) is 0 Å². The summed E-state index contributed by atoms with van der Waals surface area (Å²) in [6, 6.07) is 3.50. The minimum atomic E-state index is -1.82. The molecule has 0 aliphatic heterocycles. The van der Waals surface area contributed by atoms with Crippen LogP contribution in [0.15, 0.2) is 30.6 Å². The molecule has 0 saturated heterocycles. The fraction of sp³-hybridized carbons (Fsp3) is 0. The molecule has 0 N–H and O–H groups in total.